The van der Waals surface area contributed by atoms with Crippen LogP contribution >= 0.6 is 0 Å². The van der Waals surface area contributed by atoms with E-state index in [2.05, 4.69) is 17.2 Å². The number of carbonyl (C=O) groups is 1. The molecule has 4 heteroatoms. The van der Waals surface area contributed by atoms with Gasteiger partial charge in [0.25, 0.3) is 0 Å². The lowest BCUT2D eigenvalue weighted by atomic mass is 10.1. The van der Waals surface area contributed by atoms with Crippen LogP contribution in [0.2, 0.25) is 0 Å². The van der Waals surface area contributed by atoms with Crippen molar-refractivity contribution in [2.45, 2.75) is 20.8 Å². The molecule has 4 nitrogen and oxygen atoms in total. The van der Waals surface area contributed by atoms with Crippen LogP contribution in [0.25, 0.3) is 0 Å². The molecular weight excluding hydrogens is 300 g/mol. The zero-order valence-corrected chi connectivity index (χ0v) is 14.5. The maximum Gasteiger partial charge on any atom is 0.243 e. The molecule has 2 N–H and O–H groups in total. The van der Waals surface area contributed by atoms with Crippen LogP contribution < -0.4 is 15.4 Å². The maximum atomic E-state index is 12.1. The van der Waals surface area contributed by atoms with Crippen LogP contribution in [-0.2, 0) is 4.79 Å². The zero-order valence-electron chi connectivity index (χ0n) is 14.5. The first-order valence-electron chi connectivity index (χ1n) is 7.92. The Balaban J connectivity index is 1.88. The Hall–Kier alpha value is -2.75. The summed E-state index contributed by atoms with van der Waals surface area (Å²) >= 11 is 0. The molecule has 1 amide bonds. The van der Waals surface area contributed by atoms with Crippen LogP contribution in [0, 0.1) is 13.8 Å². The molecule has 2 rings (SSSR count). The number of nitrogens with one attached hydrogen (secondary N) is 2. The van der Waals surface area contributed by atoms with Crippen molar-refractivity contribution in [1.82, 2.24) is 0 Å². The average Bonchev–Trinajstić information content (AvgIpc) is 2.55. The van der Waals surface area contributed by atoms with Gasteiger partial charge in [-0.25, -0.2) is 0 Å². The van der Waals surface area contributed by atoms with E-state index in [9.17, 15) is 4.79 Å². The number of hydrogen-bond donors (Lipinski definition) is 2. The van der Waals surface area contributed by atoms with E-state index in [1.807, 2.05) is 63.2 Å². The van der Waals surface area contributed by atoms with E-state index in [0.29, 0.717) is 6.61 Å². The second kappa shape index (κ2) is 8.20. The molecule has 0 radical (unpaired) electrons. The summed E-state index contributed by atoms with van der Waals surface area (Å²) in [5, 5.41) is 5.99. The fourth-order valence-corrected chi connectivity index (χ4v) is 2.11. The minimum atomic E-state index is -0.0912. The second-order valence-corrected chi connectivity index (χ2v) is 5.97. The van der Waals surface area contributed by atoms with Gasteiger partial charge in [-0.2, -0.15) is 0 Å². The third-order valence-electron chi connectivity index (χ3n) is 3.56. The van der Waals surface area contributed by atoms with Gasteiger partial charge in [-0.05, 0) is 61.7 Å². The highest BCUT2D eigenvalue weighted by Crippen LogP contribution is 2.18. The Morgan fingerprint density at radius 3 is 2.58 bits per heavy atom. The second-order valence-electron chi connectivity index (χ2n) is 5.97. The molecule has 0 saturated carbocycles. The van der Waals surface area contributed by atoms with Crippen molar-refractivity contribution in [3.8, 4) is 5.75 Å². The first-order valence-corrected chi connectivity index (χ1v) is 7.92. The fourth-order valence-electron chi connectivity index (χ4n) is 2.11. The van der Waals surface area contributed by atoms with Gasteiger partial charge >= 0.3 is 0 Å². The van der Waals surface area contributed by atoms with Gasteiger partial charge in [0, 0.05) is 17.4 Å². The first kappa shape index (κ1) is 17.6. The lowest BCUT2D eigenvalue weighted by Crippen LogP contribution is -2.21. The summed E-state index contributed by atoms with van der Waals surface area (Å²) in [6.45, 7) is 10.5. The summed E-state index contributed by atoms with van der Waals surface area (Å²) < 4.78 is 5.59. The number of hydrogen-bond acceptors (Lipinski definition) is 3. The normalized spacial score (nSPS) is 10.1. The summed E-state index contributed by atoms with van der Waals surface area (Å²) in [5.74, 6) is 0.657. The summed E-state index contributed by atoms with van der Waals surface area (Å²) in [5.41, 5.74) is 4.97. The van der Waals surface area contributed by atoms with Crippen LogP contribution in [0.15, 0.2) is 54.6 Å². The van der Waals surface area contributed by atoms with Crippen LogP contribution in [0.3, 0.4) is 0 Å². The molecule has 0 atom stereocenters. The first-order chi connectivity index (χ1) is 11.4. The molecule has 126 valence electrons. The predicted octanol–water partition coefficient (Wildman–Crippen LogP) is 4.31. The number of anilines is 2. The maximum absolute atomic E-state index is 12.1. The molecule has 0 bridgehead atoms. The highest BCUT2D eigenvalue weighted by atomic mass is 16.5. The van der Waals surface area contributed by atoms with Crippen LogP contribution in [0.1, 0.15) is 18.1 Å². The Kier molecular flexibility index (Phi) is 6.01. The average molecular weight is 324 g/mol. The van der Waals surface area contributed by atoms with Gasteiger partial charge in [0.15, 0.2) is 0 Å². The molecule has 0 unspecified atom stereocenters. The molecule has 0 saturated heterocycles. The van der Waals surface area contributed by atoms with Crippen molar-refractivity contribution in [2.24, 2.45) is 0 Å². The largest absolute Gasteiger partial charge is 0.489 e. The molecule has 0 aliphatic rings. The monoisotopic (exact) mass is 324 g/mol. The van der Waals surface area contributed by atoms with Gasteiger partial charge < -0.3 is 15.4 Å². The zero-order chi connectivity index (χ0) is 17.5. The van der Waals surface area contributed by atoms with E-state index >= 15 is 0 Å². The molecule has 0 aliphatic heterocycles. The van der Waals surface area contributed by atoms with E-state index in [-0.39, 0.29) is 12.5 Å². The van der Waals surface area contributed by atoms with Crippen molar-refractivity contribution in [3.05, 3.63) is 65.7 Å². The van der Waals surface area contributed by atoms with Gasteiger partial charge in [-0.3, -0.25) is 4.79 Å². The molecule has 0 fully saturated rings. The molecule has 0 heterocycles. The highest BCUT2D eigenvalue weighted by molar-refractivity contribution is 5.93. The quantitative estimate of drug-likeness (QED) is 0.746. The van der Waals surface area contributed by atoms with E-state index in [1.165, 1.54) is 5.56 Å². The van der Waals surface area contributed by atoms with E-state index in [1.54, 1.807) is 0 Å². The summed E-state index contributed by atoms with van der Waals surface area (Å²) in [4.78, 5) is 12.1. The predicted molar refractivity (Wildman–Crippen MR) is 99.8 cm³/mol. The van der Waals surface area contributed by atoms with Crippen LogP contribution in [0.4, 0.5) is 11.4 Å². The number of aryl methyl sites for hydroxylation is 2. The Labute approximate surface area is 143 Å². The van der Waals surface area contributed by atoms with Crippen molar-refractivity contribution >= 4 is 17.3 Å². The van der Waals surface area contributed by atoms with Gasteiger partial charge in [0.1, 0.15) is 12.4 Å². The number of benzene rings is 2. The summed E-state index contributed by atoms with van der Waals surface area (Å²) in [6, 6.07) is 13.4. The SMILES string of the molecule is C=C(C)COc1cccc(NCC(=O)Nc2ccc(C)c(C)c2)c1. The Morgan fingerprint density at radius 1 is 1.08 bits per heavy atom. The standard InChI is InChI=1S/C20H24N2O2/c1-14(2)13-24-19-7-5-6-17(11-19)21-12-20(23)22-18-9-8-15(3)16(4)10-18/h5-11,21H,1,12-13H2,2-4H3,(H,22,23). The molecule has 0 spiro atoms. The lowest BCUT2D eigenvalue weighted by Gasteiger charge is -2.11. The van der Waals surface area contributed by atoms with Crippen molar-refractivity contribution in [2.75, 3.05) is 23.8 Å². The van der Waals surface area contributed by atoms with Gasteiger partial charge in [-0.15, -0.1) is 0 Å². The Morgan fingerprint density at radius 2 is 1.88 bits per heavy atom. The minimum Gasteiger partial charge on any atom is -0.489 e. The fraction of sp³-hybridized carbons (Fsp3) is 0.250. The molecule has 0 aliphatic carbocycles. The summed E-state index contributed by atoms with van der Waals surface area (Å²) in [6.07, 6.45) is 0. The van der Waals surface area contributed by atoms with E-state index in [0.717, 1.165) is 28.3 Å². The lowest BCUT2D eigenvalue weighted by molar-refractivity contribution is -0.114. The molecular formula is C20H24N2O2. The topological polar surface area (TPSA) is 50.4 Å². The van der Waals surface area contributed by atoms with Crippen molar-refractivity contribution in [3.63, 3.8) is 0 Å². The van der Waals surface area contributed by atoms with Gasteiger partial charge in [0.2, 0.25) is 5.91 Å². The molecule has 2 aromatic rings. The number of amides is 1. The third-order valence-corrected chi connectivity index (χ3v) is 3.56. The van der Waals surface area contributed by atoms with Crippen LogP contribution in [0.5, 0.6) is 5.75 Å². The smallest absolute Gasteiger partial charge is 0.243 e. The summed E-state index contributed by atoms with van der Waals surface area (Å²) in [7, 11) is 0. The number of rotatable bonds is 7. The minimum absolute atomic E-state index is 0.0912. The van der Waals surface area contributed by atoms with Crippen LogP contribution in [-0.4, -0.2) is 19.1 Å². The molecule has 24 heavy (non-hydrogen) atoms. The van der Waals surface area contributed by atoms with E-state index < -0.39 is 0 Å². The van der Waals surface area contributed by atoms with Crippen molar-refractivity contribution < 1.29 is 9.53 Å². The van der Waals surface area contributed by atoms with Gasteiger partial charge in [0.05, 0.1) is 6.54 Å². The third kappa shape index (κ3) is 5.47. The molecule has 2 aromatic carbocycles. The van der Waals surface area contributed by atoms with Crippen molar-refractivity contribution in [1.29, 1.82) is 0 Å². The Bertz CT molecular complexity index is 738. The highest BCUT2D eigenvalue weighted by Gasteiger charge is 2.04. The van der Waals surface area contributed by atoms with E-state index in [4.69, 9.17) is 4.74 Å². The molecule has 0 aromatic heterocycles. The number of carbonyl (C=O) groups excluding carboxylic acids is 1. The van der Waals surface area contributed by atoms with Gasteiger partial charge in [-0.1, -0.05) is 18.7 Å². The number of ether oxygens (including phenoxy) is 1.